The van der Waals surface area contributed by atoms with E-state index in [4.69, 9.17) is 19.6 Å². The normalized spacial score (nSPS) is 14.5. The molecule has 0 aromatic heterocycles. The van der Waals surface area contributed by atoms with Gasteiger partial charge in [0.25, 0.3) is 0 Å². The van der Waals surface area contributed by atoms with E-state index in [9.17, 15) is 10.1 Å². The smallest absolute Gasteiger partial charge is 0.303 e. The van der Waals surface area contributed by atoms with Crippen molar-refractivity contribution < 1.29 is 19.4 Å². The van der Waals surface area contributed by atoms with E-state index in [-0.39, 0.29) is 18.6 Å². The summed E-state index contributed by atoms with van der Waals surface area (Å²) < 4.78 is 14.9. The lowest BCUT2D eigenvalue weighted by atomic mass is 10.0. The number of nitrogens with one attached hydrogen (secondary N) is 1. The minimum Gasteiger partial charge on any atom is -0.490 e. The molecule has 0 spiro atoms. The molecule has 2 aromatic rings. The number of methoxy groups -OCH3 is 1. The minimum atomic E-state index is -0.751. The summed E-state index contributed by atoms with van der Waals surface area (Å²) in [5.74, 6) is 0.156. The highest BCUT2D eigenvalue weighted by Gasteiger charge is 2.26. The summed E-state index contributed by atoms with van der Waals surface area (Å²) in [6, 6.07) is 13.8. The first-order valence-electron chi connectivity index (χ1n) is 13.7. The van der Waals surface area contributed by atoms with Crippen molar-refractivity contribution in [3.8, 4) is 11.8 Å². The molecule has 2 unspecified atom stereocenters. The topological polar surface area (TPSA) is 104 Å². The fourth-order valence-corrected chi connectivity index (χ4v) is 6.64. The molecule has 0 heterocycles. The molecular formula is C31H44N3O4PS. The molecule has 1 aliphatic carbocycles. The largest absolute Gasteiger partial charge is 0.490 e. The van der Waals surface area contributed by atoms with E-state index in [1.807, 2.05) is 59.7 Å². The number of rotatable bonds is 11. The third kappa shape index (κ3) is 10.3. The fourth-order valence-electron chi connectivity index (χ4n) is 4.02. The Morgan fingerprint density at radius 2 is 1.98 bits per heavy atom. The first-order valence-corrected chi connectivity index (χ1v) is 17.1. The molecular weight excluding hydrogens is 541 g/mol. The van der Waals surface area contributed by atoms with Crippen molar-refractivity contribution in [2.75, 3.05) is 19.9 Å². The van der Waals surface area contributed by atoms with Crippen LogP contribution in [0.1, 0.15) is 88.2 Å². The molecule has 3 rings (SSSR count). The zero-order valence-corrected chi connectivity index (χ0v) is 26.8. The summed E-state index contributed by atoms with van der Waals surface area (Å²) in [6.45, 7) is 18.2. The number of nitrogens with zero attached hydrogens (tertiary/aromatic N) is 2. The van der Waals surface area contributed by atoms with Gasteiger partial charge in [0, 0.05) is 17.2 Å². The van der Waals surface area contributed by atoms with Crippen LogP contribution in [0.15, 0.2) is 48.0 Å². The quantitative estimate of drug-likeness (QED) is 0.119. The third-order valence-corrected chi connectivity index (χ3v) is 9.07. The number of nitriles is 1. The number of ether oxygens (including phenoxy) is 2. The molecule has 0 amide bonds. The predicted octanol–water partition coefficient (Wildman–Crippen LogP) is 8.19. The Kier molecular flexibility index (Phi) is 16.3. The SMILES string of the molecule is C=C(N=C(OC)c1ccc(OC(C)C)c(C#N)c1)c1cccc2c1CCC2NSP(C)CCC(=O)O.CC.CC. The van der Waals surface area contributed by atoms with E-state index in [0.29, 0.717) is 34.6 Å². The average molecular weight is 586 g/mol. The van der Waals surface area contributed by atoms with Gasteiger partial charge in [-0.3, -0.25) is 9.52 Å². The number of carboxylic acids is 1. The van der Waals surface area contributed by atoms with Crippen molar-refractivity contribution in [3.63, 3.8) is 0 Å². The van der Waals surface area contributed by atoms with Crippen LogP contribution in [-0.2, 0) is 16.0 Å². The molecule has 1 aliphatic rings. The van der Waals surface area contributed by atoms with Crippen LogP contribution < -0.4 is 9.46 Å². The molecule has 2 aromatic carbocycles. The lowest BCUT2D eigenvalue weighted by molar-refractivity contribution is -0.136. The highest BCUT2D eigenvalue weighted by molar-refractivity contribution is 8.54. The van der Waals surface area contributed by atoms with Gasteiger partial charge in [-0.1, -0.05) is 64.0 Å². The molecule has 0 bridgehead atoms. The van der Waals surface area contributed by atoms with Gasteiger partial charge in [-0.25, -0.2) is 4.99 Å². The Morgan fingerprint density at radius 1 is 1.27 bits per heavy atom. The van der Waals surface area contributed by atoms with Gasteiger partial charge in [0.2, 0.25) is 5.90 Å². The van der Waals surface area contributed by atoms with E-state index in [1.165, 1.54) is 11.1 Å². The number of fused-ring (bicyclic) bond motifs is 1. The lowest BCUT2D eigenvalue weighted by Gasteiger charge is -2.17. The Morgan fingerprint density at radius 3 is 2.58 bits per heavy atom. The second kappa shape index (κ2) is 18.5. The van der Waals surface area contributed by atoms with Crippen molar-refractivity contribution in [1.29, 1.82) is 5.26 Å². The van der Waals surface area contributed by atoms with Crippen LogP contribution in [0.4, 0.5) is 0 Å². The third-order valence-electron chi connectivity index (χ3n) is 5.71. The number of hydrogen-bond acceptors (Lipinski definition) is 7. The summed E-state index contributed by atoms with van der Waals surface area (Å²) in [5, 5.41) is 18.5. The van der Waals surface area contributed by atoms with Crippen LogP contribution in [0.3, 0.4) is 0 Å². The van der Waals surface area contributed by atoms with Crippen LogP contribution >= 0.6 is 18.7 Å². The van der Waals surface area contributed by atoms with Crippen molar-refractivity contribution in [2.45, 2.75) is 73.0 Å². The highest BCUT2D eigenvalue weighted by Crippen LogP contribution is 2.47. The molecule has 2 atom stereocenters. The van der Waals surface area contributed by atoms with Gasteiger partial charge >= 0.3 is 5.97 Å². The molecule has 9 heteroatoms. The number of carboxylic acid groups (broad SMARTS) is 1. The maximum atomic E-state index is 10.8. The first kappa shape index (κ1) is 35.2. The van der Waals surface area contributed by atoms with Crippen LogP contribution in [0.5, 0.6) is 5.75 Å². The fraction of sp³-hybridized carbons (Fsp3) is 0.452. The second-order valence-electron chi connectivity index (χ2n) is 8.73. The molecule has 0 aliphatic heterocycles. The molecule has 0 saturated heterocycles. The Balaban J connectivity index is 0.00000191. The summed E-state index contributed by atoms with van der Waals surface area (Å²) >= 11 is 1.66. The predicted molar refractivity (Wildman–Crippen MR) is 170 cm³/mol. The summed E-state index contributed by atoms with van der Waals surface area (Å²) in [7, 11) is 1.10. The molecule has 0 fully saturated rings. The minimum absolute atomic E-state index is 0.0378. The van der Waals surface area contributed by atoms with E-state index >= 15 is 0 Å². The van der Waals surface area contributed by atoms with E-state index < -0.39 is 13.1 Å². The van der Waals surface area contributed by atoms with Gasteiger partial charge in [0.1, 0.15) is 11.8 Å². The van der Waals surface area contributed by atoms with Gasteiger partial charge in [-0.15, -0.1) is 0 Å². The number of carbonyl (C=O) groups is 1. The van der Waals surface area contributed by atoms with Crippen molar-refractivity contribution in [3.05, 3.63) is 70.8 Å². The van der Waals surface area contributed by atoms with Crippen LogP contribution in [0, 0.1) is 11.3 Å². The Bertz CT molecular complexity index is 1190. The van der Waals surface area contributed by atoms with E-state index in [1.54, 1.807) is 30.8 Å². The van der Waals surface area contributed by atoms with Crippen molar-refractivity contribution >= 4 is 36.3 Å². The number of hydrogen-bond donors (Lipinski definition) is 2. The highest BCUT2D eigenvalue weighted by atomic mass is 32.7. The summed E-state index contributed by atoms with van der Waals surface area (Å²) in [4.78, 5) is 15.5. The maximum absolute atomic E-state index is 10.8. The van der Waals surface area contributed by atoms with Crippen LogP contribution in [0.25, 0.3) is 5.70 Å². The van der Waals surface area contributed by atoms with E-state index in [2.05, 4.69) is 30.1 Å². The van der Waals surface area contributed by atoms with Gasteiger partial charge in [0.05, 0.1) is 30.9 Å². The number of aliphatic imine (C=N–C) groups is 1. The monoisotopic (exact) mass is 585 g/mol. The molecule has 2 N–H and O–H groups in total. The number of aliphatic carboxylic acids is 1. The van der Waals surface area contributed by atoms with E-state index in [0.717, 1.165) is 18.4 Å². The van der Waals surface area contributed by atoms with Gasteiger partial charge < -0.3 is 14.6 Å². The molecule has 218 valence electrons. The Labute approximate surface area is 245 Å². The molecule has 7 nitrogen and oxygen atoms in total. The zero-order valence-electron chi connectivity index (χ0n) is 25.1. The number of benzene rings is 2. The van der Waals surface area contributed by atoms with Gasteiger partial charge in [0.15, 0.2) is 0 Å². The zero-order chi connectivity index (χ0) is 30.2. The Hall–Kier alpha value is -2.85. The summed E-state index contributed by atoms with van der Waals surface area (Å²) in [6.07, 6.45) is 2.70. The van der Waals surface area contributed by atoms with Crippen molar-refractivity contribution in [2.24, 2.45) is 4.99 Å². The summed E-state index contributed by atoms with van der Waals surface area (Å²) in [5.41, 5.74) is 5.09. The molecule has 40 heavy (non-hydrogen) atoms. The molecule has 0 radical (unpaired) electrons. The first-order chi connectivity index (χ1) is 19.2. The maximum Gasteiger partial charge on any atom is 0.303 e. The second-order valence-corrected chi connectivity index (χ2v) is 13.3. The average Bonchev–Trinajstić information content (AvgIpc) is 3.39. The van der Waals surface area contributed by atoms with Gasteiger partial charge in [-0.05, 0) is 76.0 Å². The molecule has 0 saturated carbocycles. The van der Waals surface area contributed by atoms with Crippen molar-refractivity contribution in [1.82, 2.24) is 4.72 Å². The lowest BCUT2D eigenvalue weighted by Crippen LogP contribution is -2.11. The standard InChI is InChI=1S/C27H32N3O4PS.2C2H6/c1-17(2)34-25-12-9-19(15-20(25)16-28)27(33-4)29-18(3)21-7-6-8-23-22(21)10-11-24(23)30-36-35(5)14-13-26(31)32;2*1-2/h6-9,12,15,17,24,30H,3,10-11,13-14H2,1-2,4-5H3,(H,31,32);2*1-2H3. The van der Waals surface area contributed by atoms with Gasteiger partial charge in [-0.2, -0.15) is 5.26 Å². The van der Waals surface area contributed by atoms with Crippen LogP contribution in [0.2, 0.25) is 0 Å². The van der Waals surface area contributed by atoms with Crippen LogP contribution in [-0.4, -0.2) is 43.0 Å².